The van der Waals surface area contributed by atoms with Crippen LogP contribution in [0.2, 0.25) is 0 Å². The monoisotopic (exact) mass is 740 g/mol. The summed E-state index contributed by atoms with van der Waals surface area (Å²) in [4.78, 5) is 4.64. The molecule has 0 saturated carbocycles. The van der Waals surface area contributed by atoms with Crippen molar-refractivity contribution in [1.82, 2.24) is 0 Å². The van der Waals surface area contributed by atoms with Crippen LogP contribution < -0.4 is 9.80 Å². The van der Waals surface area contributed by atoms with Crippen molar-refractivity contribution in [2.24, 2.45) is 0 Å². The van der Waals surface area contributed by atoms with Crippen LogP contribution >= 0.6 is 0 Å². The zero-order valence-corrected chi connectivity index (χ0v) is 32.1. The molecule has 0 fully saturated rings. The molecule has 0 atom stereocenters. The number of hydrogen-bond acceptors (Lipinski definition) is 2. The van der Waals surface area contributed by atoms with Crippen molar-refractivity contribution >= 4 is 67.8 Å². The quantitative estimate of drug-likeness (QED) is 0.143. The maximum absolute atomic E-state index is 2.39. The van der Waals surface area contributed by atoms with Crippen LogP contribution in [-0.2, 0) is 12.8 Å². The summed E-state index contributed by atoms with van der Waals surface area (Å²) in [7, 11) is 0. The van der Waals surface area contributed by atoms with Crippen LogP contribution in [0.5, 0.6) is 0 Å². The number of anilines is 6. The van der Waals surface area contributed by atoms with Gasteiger partial charge in [-0.3, -0.25) is 0 Å². The fourth-order valence-electron chi connectivity index (χ4n) is 9.31. The number of hydrogen-bond donors (Lipinski definition) is 0. The van der Waals surface area contributed by atoms with E-state index in [-0.39, 0.29) is 0 Å². The fraction of sp³-hybridized carbons (Fsp3) is 0.0357. The average molecular weight is 741 g/mol. The van der Waals surface area contributed by atoms with Gasteiger partial charge in [-0.05, 0) is 152 Å². The normalized spacial score (nSPS) is 12.6. The molecule has 2 nitrogen and oxygen atoms in total. The Bertz CT molecular complexity index is 2920. The summed E-state index contributed by atoms with van der Waals surface area (Å²) < 4.78 is 0. The van der Waals surface area contributed by atoms with Crippen LogP contribution in [0.1, 0.15) is 22.3 Å². The number of fused-ring (bicyclic) bond motifs is 2. The van der Waals surface area contributed by atoms with Gasteiger partial charge in [0, 0.05) is 34.1 Å². The van der Waals surface area contributed by atoms with Gasteiger partial charge in [0.15, 0.2) is 0 Å². The van der Waals surface area contributed by atoms with Crippen LogP contribution in [0, 0.1) is 0 Å². The van der Waals surface area contributed by atoms with Crippen molar-refractivity contribution in [2.45, 2.75) is 12.8 Å². The molecule has 0 aromatic heterocycles. The van der Waals surface area contributed by atoms with E-state index in [9.17, 15) is 0 Å². The van der Waals surface area contributed by atoms with Crippen molar-refractivity contribution in [1.29, 1.82) is 0 Å². The van der Waals surface area contributed by atoms with Gasteiger partial charge < -0.3 is 9.80 Å². The first-order valence-electron chi connectivity index (χ1n) is 20.2. The Kier molecular flexibility index (Phi) is 8.33. The maximum atomic E-state index is 2.39. The van der Waals surface area contributed by atoms with E-state index in [0.29, 0.717) is 0 Å². The van der Waals surface area contributed by atoms with E-state index in [4.69, 9.17) is 0 Å². The first-order valence-corrected chi connectivity index (χ1v) is 20.2. The predicted octanol–water partition coefficient (Wildman–Crippen LogP) is 15.4. The van der Waals surface area contributed by atoms with Gasteiger partial charge in [0.05, 0.1) is 0 Å². The molecule has 0 bridgehead atoms. The zero-order chi connectivity index (χ0) is 38.4. The third-order valence-electron chi connectivity index (χ3n) is 11.9. The average Bonchev–Trinajstić information content (AvgIpc) is 3.30. The van der Waals surface area contributed by atoms with E-state index < -0.39 is 0 Å². The van der Waals surface area contributed by atoms with E-state index >= 15 is 0 Å². The number of para-hydroxylation sites is 4. The van der Waals surface area contributed by atoms with Gasteiger partial charge in [-0.15, -0.1) is 0 Å². The van der Waals surface area contributed by atoms with Crippen LogP contribution in [-0.4, -0.2) is 0 Å². The van der Waals surface area contributed by atoms with Crippen molar-refractivity contribution in [3.8, 4) is 22.3 Å². The van der Waals surface area contributed by atoms with Crippen molar-refractivity contribution in [2.75, 3.05) is 9.80 Å². The second-order valence-corrected chi connectivity index (χ2v) is 15.2. The minimum Gasteiger partial charge on any atom is -0.311 e. The summed E-state index contributed by atoms with van der Waals surface area (Å²) in [5.74, 6) is 0. The number of allylic oxidation sites excluding steroid dienone is 2. The molecule has 0 saturated heterocycles. The van der Waals surface area contributed by atoms with Crippen LogP contribution in [0.4, 0.5) is 34.1 Å². The summed E-state index contributed by atoms with van der Waals surface area (Å²) in [6.07, 6.45) is 11.3. The minimum absolute atomic E-state index is 0.919. The zero-order valence-electron chi connectivity index (χ0n) is 32.1. The molecule has 2 aliphatic carbocycles. The van der Waals surface area contributed by atoms with Crippen LogP contribution in [0.25, 0.3) is 56.0 Å². The lowest BCUT2D eigenvalue weighted by molar-refractivity contribution is 1.25. The molecule has 0 spiro atoms. The van der Waals surface area contributed by atoms with Gasteiger partial charge in [0.25, 0.3) is 0 Å². The number of nitrogens with zero attached hydrogens (tertiary/aromatic N) is 2. The summed E-state index contributed by atoms with van der Waals surface area (Å²) in [6, 6.07) is 70.1. The highest BCUT2D eigenvalue weighted by Gasteiger charge is 2.24. The summed E-state index contributed by atoms with van der Waals surface area (Å²) in [5.41, 5.74) is 17.4. The van der Waals surface area contributed by atoms with E-state index in [1.54, 1.807) is 0 Å². The predicted molar refractivity (Wildman–Crippen MR) is 247 cm³/mol. The molecule has 2 aliphatic rings. The summed E-state index contributed by atoms with van der Waals surface area (Å²) >= 11 is 0. The van der Waals surface area contributed by atoms with Crippen LogP contribution in [0.15, 0.2) is 206 Å². The summed E-state index contributed by atoms with van der Waals surface area (Å²) in [5, 5.41) is 5.47. The third kappa shape index (κ3) is 5.73. The molecule has 2 heteroatoms. The van der Waals surface area contributed by atoms with Crippen molar-refractivity contribution in [3.05, 3.63) is 229 Å². The fourth-order valence-corrected chi connectivity index (χ4v) is 9.31. The van der Waals surface area contributed by atoms with Crippen LogP contribution in [0.3, 0.4) is 0 Å². The SMILES string of the molecule is C1=Cc2c3c4c(c(-c5ccc(N(c6ccccc6)c6ccccc6)cc5)ccc4c4ccc(-c5ccc(N(c6ccccc6)c6ccccc6)cc5)c(c24)C1)C=CC3. The van der Waals surface area contributed by atoms with E-state index in [1.165, 1.54) is 66.1 Å². The topological polar surface area (TPSA) is 6.48 Å². The Balaban J connectivity index is 0.991. The lowest BCUT2D eigenvalue weighted by atomic mass is 9.78. The number of benzene rings is 9. The standard InChI is InChI=1S/C56H40N2/c1-5-15-41(16-6-1)57(42-17-7-2-8-18-42)45-31-27-39(28-32-45)47-35-37-53-54-38-36-48(50-24-14-26-52(56(50)54)51-25-13-23-49(47)55(51)53)40-29-33-46(34-30-40)58(43-19-9-3-10-20-43)44-21-11-4-12-22-44/h1-23,26-38H,24-25H2. The lowest BCUT2D eigenvalue weighted by Crippen LogP contribution is -2.09. The Morgan fingerprint density at radius 3 is 1.12 bits per heavy atom. The molecule has 58 heavy (non-hydrogen) atoms. The lowest BCUT2D eigenvalue weighted by Gasteiger charge is -2.27. The van der Waals surface area contributed by atoms with Gasteiger partial charge in [-0.25, -0.2) is 0 Å². The first kappa shape index (κ1) is 33.9. The molecule has 0 aliphatic heterocycles. The Hall–Kier alpha value is -7.42. The molecule has 0 N–H and O–H groups in total. The molecule has 9 aromatic rings. The van der Waals surface area contributed by atoms with Gasteiger partial charge in [0.2, 0.25) is 0 Å². The second-order valence-electron chi connectivity index (χ2n) is 15.2. The van der Waals surface area contributed by atoms with Gasteiger partial charge in [0.1, 0.15) is 0 Å². The largest absolute Gasteiger partial charge is 0.311 e. The maximum Gasteiger partial charge on any atom is 0.0462 e. The van der Waals surface area contributed by atoms with Gasteiger partial charge >= 0.3 is 0 Å². The van der Waals surface area contributed by atoms with Gasteiger partial charge in [-0.1, -0.05) is 146 Å². The molecular formula is C56H40N2. The highest BCUT2D eigenvalue weighted by molar-refractivity contribution is 6.19. The molecule has 0 unspecified atom stereocenters. The Labute approximate surface area is 339 Å². The molecule has 0 amide bonds. The van der Waals surface area contributed by atoms with E-state index in [2.05, 4.69) is 228 Å². The molecule has 9 aromatic carbocycles. The molecule has 0 radical (unpaired) electrons. The highest BCUT2D eigenvalue weighted by atomic mass is 15.1. The summed E-state index contributed by atoms with van der Waals surface area (Å²) in [6.45, 7) is 0. The molecular weight excluding hydrogens is 701 g/mol. The second kappa shape index (κ2) is 14.3. The molecule has 0 heterocycles. The van der Waals surface area contributed by atoms with E-state index in [0.717, 1.165) is 47.0 Å². The molecule has 11 rings (SSSR count). The van der Waals surface area contributed by atoms with Gasteiger partial charge in [-0.2, -0.15) is 0 Å². The van der Waals surface area contributed by atoms with E-state index in [1.807, 2.05) is 0 Å². The third-order valence-corrected chi connectivity index (χ3v) is 11.9. The smallest absolute Gasteiger partial charge is 0.0462 e. The number of rotatable bonds is 8. The highest BCUT2D eigenvalue weighted by Crippen LogP contribution is 2.47. The first-order chi connectivity index (χ1) is 28.8. The Morgan fingerprint density at radius 2 is 0.655 bits per heavy atom. The Morgan fingerprint density at radius 1 is 0.293 bits per heavy atom. The van der Waals surface area contributed by atoms with Crippen molar-refractivity contribution in [3.63, 3.8) is 0 Å². The van der Waals surface area contributed by atoms with Crippen molar-refractivity contribution < 1.29 is 0 Å². The minimum atomic E-state index is 0.919. The molecule has 274 valence electrons.